The van der Waals surface area contributed by atoms with E-state index in [0.29, 0.717) is 0 Å². The Morgan fingerprint density at radius 3 is 2.09 bits per heavy atom. The highest BCUT2D eigenvalue weighted by atomic mass is 32.2. The first kappa shape index (κ1) is 13.9. The number of hydrogen-bond donors (Lipinski definition) is 1. The lowest BCUT2D eigenvalue weighted by Crippen LogP contribution is -2.34. The second-order valence-corrected chi connectivity index (χ2v) is 7.94. The molecule has 2 N–H and O–H groups in total. The maximum Gasteiger partial charge on any atom is 0.240 e. The molecule has 1 aromatic carbocycles. The van der Waals surface area contributed by atoms with Crippen LogP contribution in [0.2, 0.25) is 0 Å². The molecule has 2 bridgehead atoms. The Bertz CT molecular complexity index is 760. The molecule has 2 amide bonds. The Hall–Kier alpha value is -1.73. The third-order valence-electron chi connectivity index (χ3n) is 5.34. The monoisotopic (exact) mass is 320 g/mol. The summed E-state index contributed by atoms with van der Waals surface area (Å²) in [5, 5.41) is 5.22. The number of nitrogens with zero attached hydrogens (tertiary/aromatic N) is 1. The molecule has 4 atom stereocenters. The van der Waals surface area contributed by atoms with Crippen molar-refractivity contribution in [2.75, 3.05) is 4.90 Å². The highest BCUT2D eigenvalue weighted by molar-refractivity contribution is 7.89. The summed E-state index contributed by atoms with van der Waals surface area (Å²) in [6, 6.07) is 5.93. The van der Waals surface area contributed by atoms with E-state index in [1.165, 1.54) is 18.2 Å². The lowest BCUT2D eigenvalue weighted by Gasteiger charge is -2.19. The van der Waals surface area contributed by atoms with E-state index >= 15 is 0 Å². The van der Waals surface area contributed by atoms with Crippen LogP contribution >= 0.6 is 0 Å². The largest absolute Gasteiger partial charge is 0.274 e. The van der Waals surface area contributed by atoms with Crippen molar-refractivity contribution in [2.24, 2.45) is 28.8 Å². The van der Waals surface area contributed by atoms with Gasteiger partial charge in [-0.25, -0.2) is 18.5 Å². The van der Waals surface area contributed by atoms with Gasteiger partial charge in [0, 0.05) is 0 Å². The van der Waals surface area contributed by atoms with Gasteiger partial charge in [-0.2, -0.15) is 0 Å². The predicted molar refractivity (Wildman–Crippen MR) is 78.1 cm³/mol. The third kappa shape index (κ3) is 1.72. The predicted octanol–water partition coefficient (Wildman–Crippen LogP) is 0.869. The molecule has 1 aromatic rings. The Labute approximate surface area is 128 Å². The molecule has 116 valence electrons. The zero-order valence-electron chi connectivity index (χ0n) is 11.8. The van der Waals surface area contributed by atoms with E-state index in [1.807, 2.05) is 0 Å². The number of benzene rings is 1. The number of hydrogen-bond acceptors (Lipinski definition) is 4. The average molecular weight is 320 g/mol. The molecule has 3 aliphatic rings. The van der Waals surface area contributed by atoms with Gasteiger partial charge in [-0.05, 0) is 43.2 Å². The van der Waals surface area contributed by atoms with E-state index in [9.17, 15) is 18.0 Å². The van der Waals surface area contributed by atoms with Crippen LogP contribution in [-0.4, -0.2) is 20.2 Å². The number of nitrogens with two attached hydrogens (primary N) is 1. The van der Waals surface area contributed by atoms with Gasteiger partial charge in [-0.15, -0.1) is 0 Å². The van der Waals surface area contributed by atoms with Crippen molar-refractivity contribution in [3.63, 3.8) is 0 Å². The quantitative estimate of drug-likeness (QED) is 0.818. The van der Waals surface area contributed by atoms with Crippen molar-refractivity contribution in [2.45, 2.75) is 24.2 Å². The number of fused-ring (bicyclic) bond motifs is 5. The van der Waals surface area contributed by atoms with Gasteiger partial charge in [0.15, 0.2) is 0 Å². The van der Waals surface area contributed by atoms with Crippen LogP contribution in [0, 0.1) is 23.7 Å². The summed E-state index contributed by atoms with van der Waals surface area (Å²) in [6.07, 6.45) is 2.91. The molecule has 3 fully saturated rings. The van der Waals surface area contributed by atoms with Crippen LogP contribution in [0.3, 0.4) is 0 Å². The van der Waals surface area contributed by atoms with Crippen molar-refractivity contribution >= 4 is 27.5 Å². The van der Waals surface area contributed by atoms with Crippen molar-refractivity contribution in [3.05, 3.63) is 24.3 Å². The molecule has 4 rings (SSSR count). The van der Waals surface area contributed by atoms with Crippen LogP contribution in [-0.2, 0) is 19.6 Å². The minimum absolute atomic E-state index is 0.0915. The van der Waals surface area contributed by atoms with Crippen molar-refractivity contribution in [1.29, 1.82) is 0 Å². The van der Waals surface area contributed by atoms with Crippen LogP contribution < -0.4 is 10.0 Å². The Balaban J connectivity index is 1.82. The molecule has 1 heterocycles. The fourth-order valence-electron chi connectivity index (χ4n) is 4.53. The fraction of sp³-hybridized carbons (Fsp3) is 0.467. The molecular weight excluding hydrogens is 304 g/mol. The van der Waals surface area contributed by atoms with Gasteiger partial charge in [0.2, 0.25) is 21.8 Å². The van der Waals surface area contributed by atoms with Gasteiger partial charge >= 0.3 is 0 Å². The number of amides is 2. The SMILES string of the molecule is NS(=O)(=O)c1ccccc1N1C(=O)C2C3CCC(C3)C2C1=O. The number of carbonyl (C=O) groups is 2. The van der Waals surface area contributed by atoms with E-state index in [1.54, 1.807) is 6.07 Å². The Morgan fingerprint density at radius 1 is 1.00 bits per heavy atom. The first-order valence-electron chi connectivity index (χ1n) is 7.39. The number of anilines is 1. The summed E-state index contributed by atoms with van der Waals surface area (Å²) in [4.78, 5) is 26.4. The highest BCUT2D eigenvalue weighted by Gasteiger charge is 2.61. The maximum atomic E-state index is 12.7. The number of para-hydroxylation sites is 1. The van der Waals surface area contributed by atoms with E-state index in [-0.39, 0.29) is 46.1 Å². The summed E-state index contributed by atoms with van der Waals surface area (Å²) in [5.74, 6) is -0.563. The molecule has 1 aliphatic heterocycles. The molecule has 4 unspecified atom stereocenters. The van der Waals surface area contributed by atoms with Crippen LogP contribution in [0.5, 0.6) is 0 Å². The average Bonchev–Trinajstić information content (AvgIpc) is 3.12. The van der Waals surface area contributed by atoms with Gasteiger partial charge in [0.05, 0.1) is 17.5 Å². The number of rotatable bonds is 2. The summed E-state index contributed by atoms with van der Waals surface area (Å²) >= 11 is 0. The van der Waals surface area contributed by atoms with E-state index < -0.39 is 10.0 Å². The van der Waals surface area contributed by atoms with Crippen molar-refractivity contribution < 1.29 is 18.0 Å². The lowest BCUT2D eigenvalue weighted by molar-refractivity contribution is -0.123. The van der Waals surface area contributed by atoms with Crippen LogP contribution in [0.1, 0.15) is 19.3 Å². The van der Waals surface area contributed by atoms with Gasteiger partial charge in [0.1, 0.15) is 4.90 Å². The molecule has 1 saturated heterocycles. The molecule has 0 aromatic heterocycles. The zero-order chi connectivity index (χ0) is 15.6. The maximum absolute atomic E-state index is 12.7. The van der Waals surface area contributed by atoms with Gasteiger partial charge < -0.3 is 0 Å². The van der Waals surface area contributed by atoms with Gasteiger partial charge in [-0.1, -0.05) is 12.1 Å². The first-order chi connectivity index (χ1) is 10.4. The summed E-state index contributed by atoms with van der Waals surface area (Å²) in [5.41, 5.74) is 0.0915. The molecule has 0 radical (unpaired) electrons. The summed E-state index contributed by atoms with van der Waals surface area (Å²) in [6.45, 7) is 0. The van der Waals surface area contributed by atoms with Crippen LogP contribution in [0.15, 0.2) is 29.2 Å². The smallest absolute Gasteiger partial charge is 0.240 e. The molecule has 2 saturated carbocycles. The topological polar surface area (TPSA) is 97.5 Å². The third-order valence-corrected chi connectivity index (χ3v) is 6.30. The summed E-state index contributed by atoms with van der Waals surface area (Å²) in [7, 11) is -4.00. The lowest BCUT2D eigenvalue weighted by atomic mass is 9.81. The van der Waals surface area contributed by atoms with Gasteiger partial charge in [0.25, 0.3) is 0 Å². The standard InChI is InChI=1S/C15H16N2O4S/c16-22(20,21)11-4-2-1-3-10(11)17-14(18)12-8-5-6-9(7-8)13(12)15(17)19/h1-4,8-9,12-13H,5-7H2,(H2,16,20,21). The number of sulfonamides is 1. The molecule has 2 aliphatic carbocycles. The Morgan fingerprint density at radius 2 is 1.55 bits per heavy atom. The van der Waals surface area contributed by atoms with Crippen LogP contribution in [0.4, 0.5) is 5.69 Å². The number of imide groups is 1. The molecule has 7 heteroatoms. The number of primary sulfonamides is 1. The van der Waals surface area contributed by atoms with E-state index in [4.69, 9.17) is 5.14 Å². The van der Waals surface area contributed by atoms with E-state index in [2.05, 4.69) is 0 Å². The molecule has 0 spiro atoms. The van der Waals surface area contributed by atoms with Crippen LogP contribution in [0.25, 0.3) is 0 Å². The van der Waals surface area contributed by atoms with Crippen molar-refractivity contribution in [3.8, 4) is 0 Å². The van der Waals surface area contributed by atoms with Crippen molar-refractivity contribution in [1.82, 2.24) is 0 Å². The van der Waals surface area contributed by atoms with Gasteiger partial charge in [-0.3, -0.25) is 9.59 Å². The summed E-state index contributed by atoms with van der Waals surface area (Å²) < 4.78 is 23.5. The highest BCUT2D eigenvalue weighted by Crippen LogP contribution is 2.56. The second kappa shape index (κ2) is 4.39. The number of carbonyl (C=O) groups excluding carboxylic acids is 2. The minimum atomic E-state index is -4.00. The fourth-order valence-corrected chi connectivity index (χ4v) is 5.25. The molecule has 6 nitrogen and oxygen atoms in total. The van der Waals surface area contributed by atoms with E-state index in [0.717, 1.165) is 24.2 Å². The zero-order valence-corrected chi connectivity index (χ0v) is 12.6. The molecule has 22 heavy (non-hydrogen) atoms. The molecular formula is C15H16N2O4S. The first-order valence-corrected chi connectivity index (χ1v) is 8.94. The normalized spacial score (nSPS) is 33.6. The minimum Gasteiger partial charge on any atom is -0.274 e. The Kier molecular flexibility index (Phi) is 2.77. The second-order valence-electron chi connectivity index (χ2n) is 6.41.